The minimum Gasteiger partial charge on any atom is -0.449 e. The van der Waals surface area contributed by atoms with E-state index in [0.717, 1.165) is 17.2 Å². The summed E-state index contributed by atoms with van der Waals surface area (Å²) in [6.07, 6.45) is 1.37. The van der Waals surface area contributed by atoms with E-state index in [4.69, 9.17) is 4.74 Å². The molecular weight excluding hydrogens is 420 g/mol. The molecule has 0 heterocycles. The number of hydrogen-bond donors (Lipinski definition) is 0. The molecule has 7 nitrogen and oxygen atoms in total. The van der Waals surface area contributed by atoms with Crippen molar-refractivity contribution in [1.82, 2.24) is 4.90 Å². The molecule has 0 aliphatic heterocycles. The molecule has 1 unspecified atom stereocenters. The van der Waals surface area contributed by atoms with Crippen LogP contribution in [0.2, 0.25) is 0 Å². The van der Waals surface area contributed by atoms with E-state index in [-0.39, 0.29) is 17.2 Å². The molecule has 0 aliphatic rings. The second-order valence-electron chi connectivity index (χ2n) is 7.39. The highest BCUT2D eigenvalue weighted by molar-refractivity contribution is 5.91. The van der Waals surface area contributed by atoms with Crippen molar-refractivity contribution in [3.63, 3.8) is 0 Å². The summed E-state index contributed by atoms with van der Waals surface area (Å²) in [5.41, 5.74) is 2.06. The van der Waals surface area contributed by atoms with E-state index < -0.39 is 17.0 Å². The molecule has 168 valence electrons. The van der Waals surface area contributed by atoms with Gasteiger partial charge in [0.05, 0.1) is 10.5 Å². The Bertz CT molecular complexity index is 1090. The Balaban J connectivity index is 1.70. The highest BCUT2D eigenvalue weighted by atomic mass is 16.6. The van der Waals surface area contributed by atoms with Gasteiger partial charge in [-0.3, -0.25) is 14.9 Å². The molecule has 0 spiro atoms. The molecule has 0 fully saturated rings. The number of carbonyl (C=O) groups excluding carboxylic acids is 2. The molecule has 0 saturated heterocycles. The van der Waals surface area contributed by atoms with Crippen molar-refractivity contribution in [3.05, 3.63) is 118 Å². The Labute approximate surface area is 192 Å². The third-order valence-electron chi connectivity index (χ3n) is 4.92. The second kappa shape index (κ2) is 11.4. The monoisotopic (exact) mass is 444 g/mol. The van der Waals surface area contributed by atoms with Gasteiger partial charge in [-0.15, -0.1) is 0 Å². The molecule has 3 aromatic carbocycles. The third-order valence-corrected chi connectivity index (χ3v) is 4.92. The molecular formula is C26H24N2O5. The first-order valence-corrected chi connectivity index (χ1v) is 10.4. The van der Waals surface area contributed by atoms with Crippen LogP contribution in [0.5, 0.6) is 0 Å². The summed E-state index contributed by atoms with van der Waals surface area (Å²) in [6, 6.07) is 25.2. The number of nitro groups is 1. The lowest BCUT2D eigenvalue weighted by Crippen LogP contribution is -2.39. The fourth-order valence-corrected chi connectivity index (χ4v) is 3.29. The van der Waals surface area contributed by atoms with Crippen LogP contribution in [0.1, 0.15) is 23.6 Å². The number of ether oxygens (including phenoxy) is 1. The van der Waals surface area contributed by atoms with Crippen LogP contribution >= 0.6 is 0 Å². The van der Waals surface area contributed by atoms with Crippen LogP contribution in [-0.4, -0.2) is 27.8 Å². The van der Waals surface area contributed by atoms with E-state index in [0.29, 0.717) is 13.1 Å². The molecule has 1 atom stereocenters. The fourth-order valence-electron chi connectivity index (χ4n) is 3.29. The lowest BCUT2D eigenvalue weighted by atomic mass is 10.1. The fraction of sp³-hybridized carbons (Fsp3) is 0.154. The lowest BCUT2D eigenvalue weighted by Gasteiger charge is -2.26. The number of hydrogen-bond acceptors (Lipinski definition) is 5. The van der Waals surface area contributed by atoms with Gasteiger partial charge in [0.15, 0.2) is 6.10 Å². The third kappa shape index (κ3) is 6.87. The first-order chi connectivity index (χ1) is 15.9. The normalized spacial score (nSPS) is 11.7. The minimum absolute atomic E-state index is 0.123. The van der Waals surface area contributed by atoms with Crippen molar-refractivity contribution in [2.24, 2.45) is 0 Å². The summed E-state index contributed by atoms with van der Waals surface area (Å²) in [7, 11) is 0. The van der Waals surface area contributed by atoms with E-state index in [9.17, 15) is 19.7 Å². The number of amides is 1. The first-order valence-electron chi connectivity index (χ1n) is 10.4. The smallest absolute Gasteiger partial charge is 0.331 e. The van der Waals surface area contributed by atoms with E-state index >= 15 is 0 Å². The second-order valence-corrected chi connectivity index (χ2v) is 7.39. The molecule has 0 radical (unpaired) electrons. The van der Waals surface area contributed by atoms with E-state index in [2.05, 4.69) is 0 Å². The largest absolute Gasteiger partial charge is 0.449 e. The SMILES string of the molecule is CC(OC(=O)/C=C/c1ccccc1[N+](=O)[O-])C(=O)N(Cc1ccccc1)Cc1ccccc1. The van der Waals surface area contributed by atoms with Gasteiger partial charge < -0.3 is 9.64 Å². The average molecular weight is 444 g/mol. The number of nitro benzene ring substituents is 1. The van der Waals surface area contributed by atoms with Crippen LogP contribution < -0.4 is 0 Å². The quantitative estimate of drug-likeness (QED) is 0.205. The summed E-state index contributed by atoms with van der Waals surface area (Å²) in [6.45, 7) is 2.24. The molecule has 7 heteroatoms. The van der Waals surface area contributed by atoms with E-state index in [1.165, 1.54) is 25.1 Å². The van der Waals surface area contributed by atoms with Crippen molar-refractivity contribution >= 4 is 23.6 Å². The highest BCUT2D eigenvalue weighted by Gasteiger charge is 2.24. The number of nitrogens with zero attached hydrogens (tertiary/aromatic N) is 2. The molecule has 0 aliphatic carbocycles. The molecule has 1 amide bonds. The molecule has 3 aromatic rings. The summed E-state index contributed by atoms with van der Waals surface area (Å²) in [5.74, 6) is -1.09. The van der Waals surface area contributed by atoms with Gasteiger partial charge >= 0.3 is 5.97 Å². The number of benzene rings is 3. The molecule has 0 bridgehead atoms. The zero-order valence-corrected chi connectivity index (χ0v) is 18.2. The van der Waals surface area contributed by atoms with Crippen LogP contribution in [0, 0.1) is 10.1 Å². The highest BCUT2D eigenvalue weighted by Crippen LogP contribution is 2.19. The standard InChI is InChI=1S/C26H24N2O5/c1-20(33-25(29)17-16-23-14-8-9-15-24(23)28(31)32)26(30)27(18-21-10-4-2-5-11-21)19-22-12-6-3-7-13-22/h2-17,20H,18-19H2,1H3/b17-16+. The van der Waals surface area contributed by atoms with Crippen LogP contribution in [0.25, 0.3) is 6.08 Å². The summed E-state index contributed by atoms with van der Waals surface area (Å²) >= 11 is 0. The van der Waals surface area contributed by atoms with Crippen molar-refractivity contribution in [2.45, 2.75) is 26.1 Å². The molecule has 0 N–H and O–H groups in total. The predicted octanol–water partition coefficient (Wildman–Crippen LogP) is 4.77. The predicted molar refractivity (Wildman–Crippen MR) is 125 cm³/mol. The van der Waals surface area contributed by atoms with Crippen LogP contribution in [0.15, 0.2) is 91.0 Å². The van der Waals surface area contributed by atoms with Gasteiger partial charge in [-0.2, -0.15) is 0 Å². The lowest BCUT2D eigenvalue weighted by molar-refractivity contribution is -0.385. The van der Waals surface area contributed by atoms with Gasteiger partial charge in [0, 0.05) is 25.2 Å². The molecule has 0 aromatic heterocycles. The summed E-state index contributed by atoms with van der Waals surface area (Å²) < 4.78 is 5.30. The number of rotatable bonds is 9. The van der Waals surface area contributed by atoms with E-state index in [1.54, 1.807) is 17.0 Å². The zero-order chi connectivity index (χ0) is 23.6. The van der Waals surface area contributed by atoms with Gasteiger partial charge in [0.1, 0.15) is 0 Å². The number of esters is 1. The summed E-state index contributed by atoms with van der Waals surface area (Å²) in [4.78, 5) is 37.7. The van der Waals surface area contributed by atoms with Crippen molar-refractivity contribution < 1.29 is 19.2 Å². The van der Waals surface area contributed by atoms with Crippen LogP contribution in [0.4, 0.5) is 5.69 Å². The maximum absolute atomic E-state index is 13.1. The van der Waals surface area contributed by atoms with Crippen molar-refractivity contribution in [1.29, 1.82) is 0 Å². The maximum atomic E-state index is 13.1. The van der Waals surface area contributed by atoms with Gasteiger partial charge in [0.25, 0.3) is 11.6 Å². The topological polar surface area (TPSA) is 89.7 Å². The van der Waals surface area contributed by atoms with Crippen molar-refractivity contribution in [2.75, 3.05) is 0 Å². The maximum Gasteiger partial charge on any atom is 0.331 e. The van der Waals surface area contributed by atoms with Gasteiger partial charge in [-0.1, -0.05) is 72.8 Å². The molecule has 0 saturated carbocycles. The molecule has 33 heavy (non-hydrogen) atoms. The first kappa shape index (κ1) is 23.4. The van der Waals surface area contributed by atoms with E-state index in [1.807, 2.05) is 60.7 Å². The molecule has 3 rings (SSSR count). The Kier molecular flexibility index (Phi) is 8.07. The Morgan fingerprint density at radius 1 is 0.909 bits per heavy atom. The van der Waals surface area contributed by atoms with Crippen LogP contribution in [-0.2, 0) is 27.4 Å². The Morgan fingerprint density at radius 3 is 1.97 bits per heavy atom. The van der Waals surface area contributed by atoms with Crippen molar-refractivity contribution in [3.8, 4) is 0 Å². The Morgan fingerprint density at radius 2 is 1.42 bits per heavy atom. The van der Waals surface area contributed by atoms with Gasteiger partial charge in [-0.25, -0.2) is 4.79 Å². The minimum atomic E-state index is -1.03. The van der Waals surface area contributed by atoms with Gasteiger partial charge in [0.2, 0.25) is 0 Å². The number of para-hydroxylation sites is 1. The summed E-state index contributed by atoms with van der Waals surface area (Å²) in [5, 5.41) is 11.1. The zero-order valence-electron chi connectivity index (χ0n) is 18.2. The number of carbonyl (C=O) groups is 2. The van der Waals surface area contributed by atoms with Gasteiger partial charge in [-0.05, 0) is 30.2 Å². The van der Waals surface area contributed by atoms with Crippen LogP contribution in [0.3, 0.4) is 0 Å². The average Bonchev–Trinajstić information content (AvgIpc) is 2.83. The Hall–Kier alpha value is -4.26.